The van der Waals surface area contributed by atoms with E-state index in [1.807, 2.05) is 53.4 Å². The normalized spacial score (nSPS) is 12.6. The number of carbonyl (C=O) groups excluding carboxylic acids is 2. The summed E-state index contributed by atoms with van der Waals surface area (Å²) in [4.78, 5) is 28.3. The first-order valence-corrected chi connectivity index (χ1v) is 15.1. The Bertz CT molecular complexity index is 1900. The van der Waals surface area contributed by atoms with Crippen LogP contribution in [0.15, 0.2) is 133 Å². The van der Waals surface area contributed by atoms with E-state index in [0.29, 0.717) is 24.2 Å². The number of fused-ring (bicyclic) bond motifs is 2. The SMILES string of the molecule is CC(CN(CC(C)c1ccccc1)C(=O)c1cccc2cc(-c3ccc4c(C(N)=O)cccc4c3)ccc12)c1ccccc1. The Morgan fingerprint density at radius 1 is 0.568 bits per heavy atom. The first-order valence-electron chi connectivity index (χ1n) is 15.1. The highest BCUT2D eigenvalue weighted by atomic mass is 16.2. The van der Waals surface area contributed by atoms with Crippen molar-refractivity contribution in [3.05, 3.63) is 156 Å². The van der Waals surface area contributed by atoms with Crippen molar-refractivity contribution in [3.8, 4) is 11.1 Å². The Kier molecular flexibility index (Phi) is 8.25. The zero-order chi connectivity index (χ0) is 30.6. The van der Waals surface area contributed by atoms with E-state index < -0.39 is 5.91 Å². The number of carbonyl (C=O) groups is 2. The molecule has 44 heavy (non-hydrogen) atoms. The zero-order valence-electron chi connectivity index (χ0n) is 25.1. The first kappa shape index (κ1) is 28.9. The highest BCUT2D eigenvalue weighted by Crippen LogP contribution is 2.31. The van der Waals surface area contributed by atoms with E-state index in [2.05, 4.69) is 92.7 Å². The van der Waals surface area contributed by atoms with Crippen molar-refractivity contribution in [2.24, 2.45) is 5.73 Å². The van der Waals surface area contributed by atoms with Gasteiger partial charge >= 0.3 is 0 Å². The van der Waals surface area contributed by atoms with Crippen LogP contribution in [0, 0.1) is 0 Å². The molecule has 0 aromatic heterocycles. The van der Waals surface area contributed by atoms with Crippen LogP contribution in [-0.2, 0) is 0 Å². The largest absolute Gasteiger partial charge is 0.366 e. The molecular formula is C40H36N2O2. The van der Waals surface area contributed by atoms with E-state index in [1.54, 1.807) is 6.07 Å². The third-order valence-electron chi connectivity index (χ3n) is 8.60. The topological polar surface area (TPSA) is 63.4 Å². The van der Waals surface area contributed by atoms with Crippen molar-refractivity contribution in [2.75, 3.05) is 13.1 Å². The molecule has 0 spiro atoms. The van der Waals surface area contributed by atoms with Gasteiger partial charge in [-0.3, -0.25) is 9.59 Å². The van der Waals surface area contributed by atoms with Crippen LogP contribution in [0.5, 0.6) is 0 Å². The molecule has 0 fully saturated rings. The fourth-order valence-electron chi connectivity index (χ4n) is 6.17. The summed E-state index contributed by atoms with van der Waals surface area (Å²) in [5.74, 6) is -0.0180. The molecule has 2 amide bonds. The second-order valence-electron chi connectivity index (χ2n) is 11.7. The van der Waals surface area contributed by atoms with Crippen LogP contribution in [0.2, 0.25) is 0 Å². The molecule has 0 aliphatic heterocycles. The average molecular weight is 577 g/mol. The van der Waals surface area contributed by atoms with Crippen LogP contribution in [0.25, 0.3) is 32.7 Å². The number of nitrogens with two attached hydrogens (primary N) is 1. The van der Waals surface area contributed by atoms with Crippen molar-refractivity contribution < 1.29 is 9.59 Å². The molecule has 4 nitrogen and oxygen atoms in total. The highest BCUT2D eigenvalue weighted by Gasteiger charge is 2.23. The number of hydrogen-bond donors (Lipinski definition) is 1. The Morgan fingerprint density at radius 2 is 1.02 bits per heavy atom. The second kappa shape index (κ2) is 12.6. The zero-order valence-corrected chi connectivity index (χ0v) is 25.1. The van der Waals surface area contributed by atoms with Gasteiger partial charge in [-0.1, -0.05) is 123 Å². The second-order valence-corrected chi connectivity index (χ2v) is 11.7. The van der Waals surface area contributed by atoms with Crippen LogP contribution < -0.4 is 5.73 Å². The molecule has 2 N–H and O–H groups in total. The summed E-state index contributed by atoms with van der Waals surface area (Å²) in [7, 11) is 0. The number of primary amides is 1. The van der Waals surface area contributed by atoms with Gasteiger partial charge in [0.2, 0.25) is 5.91 Å². The van der Waals surface area contributed by atoms with E-state index in [1.165, 1.54) is 11.1 Å². The lowest BCUT2D eigenvalue weighted by molar-refractivity contribution is 0.0740. The molecule has 0 saturated carbocycles. The lowest BCUT2D eigenvalue weighted by atomic mass is 9.94. The van der Waals surface area contributed by atoms with E-state index >= 15 is 0 Å². The molecule has 6 aromatic carbocycles. The van der Waals surface area contributed by atoms with E-state index in [4.69, 9.17) is 5.73 Å². The Morgan fingerprint density at radius 3 is 1.50 bits per heavy atom. The standard InChI is InChI=1S/C40H36N2O2/c1-27(29-11-5-3-6-12-29)25-42(26-28(2)30-13-7-4-8-14-30)40(44)38-18-10-16-34-24-32(20-22-36(34)38)31-19-21-35-33(23-31)15-9-17-37(35)39(41)43/h3-24,27-28H,25-26H2,1-2H3,(H2,41,43). The van der Waals surface area contributed by atoms with Gasteiger partial charge in [0.15, 0.2) is 0 Å². The van der Waals surface area contributed by atoms with Gasteiger partial charge in [0, 0.05) is 24.2 Å². The summed E-state index contributed by atoms with van der Waals surface area (Å²) < 4.78 is 0. The Balaban J connectivity index is 1.34. The summed E-state index contributed by atoms with van der Waals surface area (Å²) in [5, 5.41) is 3.74. The van der Waals surface area contributed by atoms with E-state index in [9.17, 15) is 9.59 Å². The first-order chi connectivity index (χ1) is 21.4. The van der Waals surface area contributed by atoms with Gasteiger partial charge in [-0.15, -0.1) is 0 Å². The van der Waals surface area contributed by atoms with Crippen LogP contribution in [0.3, 0.4) is 0 Å². The number of nitrogens with zero attached hydrogens (tertiary/aromatic N) is 1. The molecule has 2 atom stereocenters. The third-order valence-corrected chi connectivity index (χ3v) is 8.60. The van der Waals surface area contributed by atoms with Gasteiger partial charge in [-0.2, -0.15) is 0 Å². The fourth-order valence-corrected chi connectivity index (χ4v) is 6.17. The minimum atomic E-state index is -0.434. The van der Waals surface area contributed by atoms with E-state index in [-0.39, 0.29) is 17.7 Å². The molecule has 0 radical (unpaired) electrons. The minimum absolute atomic E-state index is 0.0404. The summed E-state index contributed by atoms with van der Waals surface area (Å²) in [5.41, 5.74) is 11.3. The minimum Gasteiger partial charge on any atom is -0.366 e. The molecule has 0 aliphatic rings. The molecule has 218 valence electrons. The highest BCUT2D eigenvalue weighted by molar-refractivity contribution is 6.09. The summed E-state index contributed by atoms with van der Waals surface area (Å²) >= 11 is 0. The number of benzene rings is 6. The van der Waals surface area contributed by atoms with Gasteiger partial charge in [0.05, 0.1) is 0 Å². The Hall–Kier alpha value is -5.22. The average Bonchev–Trinajstić information content (AvgIpc) is 3.07. The molecule has 2 unspecified atom stereocenters. The maximum absolute atomic E-state index is 14.4. The molecular weight excluding hydrogens is 540 g/mol. The van der Waals surface area contributed by atoms with Gasteiger partial charge in [-0.25, -0.2) is 0 Å². The van der Waals surface area contributed by atoms with Crippen LogP contribution in [-0.4, -0.2) is 29.8 Å². The predicted molar refractivity (Wildman–Crippen MR) is 181 cm³/mol. The van der Waals surface area contributed by atoms with Crippen LogP contribution in [0.4, 0.5) is 0 Å². The Labute approximate surface area is 258 Å². The van der Waals surface area contributed by atoms with Gasteiger partial charge in [0.25, 0.3) is 5.91 Å². The monoisotopic (exact) mass is 576 g/mol. The summed E-state index contributed by atoms with van der Waals surface area (Å²) in [6.07, 6.45) is 0. The third kappa shape index (κ3) is 5.97. The summed E-state index contributed by atoms with van der Waals surface area (Å²) in [6, 6.07) is 44.7. The van der Waals surface area contributed by atoms with Gasteiger partial charge in [0.1, 0.15) is 0 Å². The van der Waals surface area contributed by atoms with Crippen LogP contribution in [0.1, 0.15) is 57.5 Å². The van der Waals surface area contributed by atoms with Crippen molar-refractivity contribution in [1.29, 1.82) is 0 Å². The smallest absolute Gasteiger partial charge is 0.254 e. The van der Waals surface area contributed by atoms with Crippen molar-refractivity contribution in [1.82, 2.24) is 4.90 Å². The number of hydrogen-bond acceptors (Lipinski definition) is 2. The molecule has 0 heterocycles. The van der Waals surface area contributed by atoms with Crippen molar-refractivity contribution in [3.63, 3.8) is 0 Å². The molecule has 4 heteroatoms. The maximum Gasteiger partial charge on any atom is 0.254 e. The van der Waals surface area contributed by atoms with E-state index in [0.717, 1.165) is 32.7 Å². The molecule has 6 aromatic rings. The lowest BCUT2D eigenvalue weighted by Crippen LogP contribution is -2.37. The van der Waals surface area contributed by atoms with Crippen molar-refractivity contribution >= 4 is 33.4 Å². The molecule has 0 saturated heterocycles. The number of amides is 2. The van der Waals surface area contributed by atoms with Gasteiger partial charge < -0.3 is 10.6 Å². The number of rotatable bonds is 9. The fraction of sp³-hybridized carbons (Fsp3) is 0.150. The van der Waals surface area contributed by atoms with Gasteiger partial charge in [-0.05, 0) is 79.9 Å². The molecule has 0 aliphatic carbocycles. The predicted octanol–water partition coefficient (Wildman–Crippen LogP) is 8.81. The van der Waals surface area contributed by atoms with Crippen molar-refractivity contribution in [2.45, 2.75) is 25.7 Å². The quantitative estimate of drug-likeness (QED) is 0.187. The maximum atomic E-state index is 14.4. The molecule has 0 bridgehead atoms. The lowest BCUT2D eigenvalue weighted by Gasteiger charge is -2.29. The summed E-state index contributed by atoms with van der Waals surface area (Å²) in [6.45, 7) is 5.62. The molecule has 6 rings (SSSR count). The van der Waals surface area contributed by atoms with Crippen LogP contribution >= 0.6 is 0 Å².